The van der Waals surface area contributed by atoms with Crippen molar-refractivity contribution in [3.63, 3.8) is 0 Å². The number of hydrogen-bond donors (Lipinski definition) is 0. The lowest BCUT2D eigenvalue weighted by molar-refractivity contribution is -0.145. The molecule has 0 fully saturated rings. The van der Waals surface area contributed by atoms with Crippen LogP contribution in [-0.4, -0.2) is 34.2 Å². The summed E-state index contributed by atoms with van der Waals surface area (Å²) in [7, 11) is 0. The number of esters is 1. The van der Waals surface area contributed by atoms with E-state index in [0.717, 1.165) is 27.9 Å². The van der Waals surface area contributed by atoms with Gasteiger partial charge in [0, 0.05) is 0 Å². The van der Waals surface area contributed by atoms with Crippen molar-refractivity contribution in [1.82, 2.24) is 15.0 Å². The predicted molar refractivity (Wildman–Crippen MR) is 89.9 cm³/mol. The van der Waals surface area contributed by atoms with E-state index in [2.05, 4.69) is 10.3 Å². The number of aryl methyl sites for hydroxylation is 2. The Hall–Kier alpha value is -2.89. The van der Waals surface area contributed by atoms with Crippen molar-refractivity contribution >= 4 is 17.0 Å². The van der Waals surface area contributed by atoms with Gasteiger partial charge < -0.3 is 9.47 Å². The van der Waals surface area contributed by atoms with Crippen molar-refractivity contribution in [2.75, 3.05) is 13.2 Å². The van der Waals surface area contributed by atoms with Gasteiger partial charge in [-0.2, -0.15) is 0 Å². The number of carbonyl (C=O) groups is 1. The van der Waals surface area contributed by atoms with Crippen LogP contribution in [0.4, 0.5) is 0 Å². The molecule has 0 aliphatic heterocycles. The lowest BCUT2D eigenvalue weighted by Crippen LogP contribution is -2.18. The van der Waals surface area contributed by atoms with Crippen molar-refractivity contribution < 1.29 is 14.3 Å². The summed E-state index contributed by atoms with van der Waals surface area (Å²) in [5.41, 5.74) is 3.89. The lowest BCUT2D eigenvalue weighted by atomic mass is 10.1. The number of carbonyl (C=O) groups excluding carboxylic acids is 1. The summed E-state index contributed by atoms with van der Waals surface area (Å²) in [6.07, 6.45) is 0. The van der Waals surface area contributed by atoms with Gasteiger partial charge in [0.1, 0.15) is 31.0 Å². The zero-order chi connectivity index (χ0) is 16.9. The maximum absolute atomic E-state index is 12.0. The van der Waals surface area contributed by atoms with Gasteiger partial charge in [-0.05, 0) is 49.2 Å². The SMILES string of the molecule is Cc1cc2nnn(CC(=O)OCCOc3ccccc3)c2cc1C. The average Bonchev–Trinajstić information content (AvgIpc) is 2.95. The molecule has 0 atom stereocenters. The van der Waals surface area contributed by atoms with Crippen LogP contribution in [0.2, 0.25) is 0 Å². The first-order chi connectivity index (χ1) is 11.6. The number of nitrogens with zero attached hydrogens (tertiary/aromatic N) is 3. The van der Waals surface area contributed by atoms with E-state index in [0.29, 0.717) is 6.61 Å². The third-order valence-corrected chi connectivity index (χ3v) is 3.77. The first-order valence-corrected chi connectivity index (χ1v) is 7.77. The molecular weight excluding hydrogens is 306 g/mol. The summed E-state index contributed by atoms with van der Waals surface area (Å²) < 4.78 is 12.2. The van der Waals surface area contributed by atoms with Crippen molar-refractivity contribution in [1.29, 1.82) is 0 Å². The third-order valence-electron chi connectivity index (χ3n) is 3.77. The van der Waals surface area contributed by atoms with Gasteiger partial charge in [-0.1, -0.05) is 23.4 Å². The second-order valence-corrected chi connectivity index (χ2v) is 5.55. The topological polar surface area (TPSA) is 66.2 Å². The molecular formula is C18H19N3O3. The molecule has 1 heterocycles. The quantitative estimate of drug-likeness (QED) is 0.515. The van der Waals surface area contributed by atoms with Crippen molar-refractivity contribution in [2.45, 2.75) is 20.4 Å². The van der Waals surface area contributed by atoms with E-state index in [1.807, 2.05) is 56.3 Å². The molecule has 0 aliphatic rings. The maximum Gasteiger partial charge on any atom is 0.327 e. The van der Waals surface area contributed by atoms with E-state index in [4.69, 9.17) is 9.47 Å². The first kappa shape index (κ1) is 16.0. The van der Waals surface area contributed by atoms with Gasteiger partial charge in [0.2, 0.25) is 0 Å². The molecule has 3 aromatic rings. The smallest absolute Gasteiger partial charge is 0.327 e. The van der Waals surface area contributed by atoms with Crippen LogP contribution in [-0.2, 0) is 16.1 Å². The highest BCUT2D eigenvalue weighted by molar-refractivity contribution is 5.78. The van der Waals surface area contributed by atoms with Crippen LogP contribution in [0.25, 0.3) is 11.0 Å². The van der Waals surface area contributed by atoms with Crippen LogP contribution in [0.15, 0.2) is 42.5 Å². The largest absolute Gasteiger partial charge is 0.490 e. The van der Waals surface area contributed by atoms with Crippen molar-refractivity contribution in [3.8, 4) is 5.75 Å². The molecule has 24 heavy (non-hydrogen) atoms. The fraction of sp³-hybridized carbons (Fsp3) is 0.278. The highest BCUT2D eigenvalue weighted by Crippen LogP contribution is 2.17. The van der Waals surface area contributed by atoms with E-state index in [-0.39, 0.29) is 19.1 Å². The normalized spacial score (nSPS) is 10.8. The summed E-state index contributed by atoms with van der Waals surface area (Å²) in [5.74, 6) is 0.387. The Kier molecular flexibility index (Phi) is 4.74. The fourth-order valence-corrected chi connectivity index (χ4v) is 2.34. The van der Waals surface area contributed by atoms with E-state index >= 15 is 0 Å². The Bertz CT molecular complexity index is 843. The molecule has 6 nitrogen and oxygen atoms in total. The zero-order valence-electron chi connectivity index (χ0n) is 13.7. The summed E-state index contributed by atoms with van der Waals surface area (Å²) in [6.45, 7) is 4.58. The second kappa shape index (κ2) is 7.12. The van der Waals surface area contributed by atoms with E-state index in [9.17, 15) is 4.79 Å². The highest BCUT2D eigenvalue weighted by Gasteiger charge is 2.11. The summed E-state index contributed by atoms with van der Waals surface area (Å²) >= 11 is 0. The molecule has 0 unspecified atom stereocenters. The van der Waals surface area contributed by atoms with Crippen LogP contribution in [0.3, 0.4) is 0 Å². The summed E-state index contributed by atoms with van der Waals surface area (Å²) in [5, 5.41) is 8.12. The third kappa shape index (κ3) is 3.71. The fourth-order valence-electron chi connectivity index (χ4n) is 2.34. The number of aromatic nitrogens is 3. The van der Waals surface area contributed by atoms with Gasteiger partial charge in [-0.3, -0.25) is 4.79 Å². The number of hydrogen-bond acceptors (Lipinski definition) is 5. The molecule has 0 radical (unpaired) electrons. The minimum absolute atomic E-state index is 0.0321. The van der Waals surface area contributed by atoms with Gasteiger partial charge in [-0.15, -0.1) is 5.10 Å². The molecule has 124 valence electrons. The Morgan fingerprint density at radius 1 is 1.08 bits per heavy atom. The molecule has 1 aromatic heterocycles. The molecule has 0 spiro atoms. The van der Waals surface area contributed by atoms with Crippen LogP contribution >= 0.6 is 0 Å². The maximum atomic E-state index is 12.0. The van der Waals surface area contributed by atoms with Crippen LogP contribution in [0.5, 0.6) is 5.75 Å². The Labute approximate surface area is 140 Å². The number of para-hydroxylation sites is 1. The van der Waals surface area contributed by atoms with Crippen molar-refractivity contribution in [3.05, 3.63) is 53.6 Å². The first-order valence-electron chi connectivity index (χ1n) is 7.77. The second-order valence-electron chi connectivity index (χ2n) is 5.55. The molecule has 3 rings (SSSR count). The monoisotopic (exact) mass is 325 g/mol. The highest BCUT2D eigenvalue weighted by atomic mass is 16.6. The van der Waals surface area contributed by atoms with E-state index < -0.39 is 0 Å². The van der Waals surface area contributed by atoms with E-state index in [1.165, 1.54) is 0 Å². The van der Waals surface area contributed by atoms with E-state index in [1.54, 1.807) is 4.68 Å². The Balaban J connectivity index is 1.53. The minimum atomic E-state index is -0.364. The molecule has 0 amide bonds. The van der Waals surface area contributed by atoms with Crippen LogP contribution in [0, 0.1) is 13.8 Å². The zero-order valence-corrected chi connectivity index (χ0v) is 13.7. The van der Waals surface area contributed by atoms with Crippen LogP contribution < -0.4 is 4.74 Å². The minimum Gasteiger partial charge on any atom is -0.490 e. The molecule has 6 heteroatoms. The predicted octanol–water partition coefficient (Wildman–Crippen LogP) is 2.67. The molecule has 0 bridgehead atoms. The van der Waals surface area contributed by atoms with Gasteiger partial charge in [-0.25, -0.2) is 4.68 Å². The Morgan fingerprint density at radius 2 is 1.83 bits per heavy atom. The van der Waals surface area contributed by atoms with Gasteiger partial charge in [0.15, 0.2) is 0 Å². The van der Waals surface area contributed by atoms with Gasteiger partial charge >= 0.3 is 5.97 Å². The molecule has 0 N–H and O–H groups in total. The summed E-state index contributed by atoms with van der Waals surface area (Å²) in [4.78, 5) is 12.0. The number of ether oxygens (including phenoxy) is 2. The lowest BCUT2D eigenvalue weighted by Gasteiger charge is -2.07. The molecule has 2 aromatic carbocycles. The number of benzene rings is 2. The summed E-state index contributed by atoms with van der Waals surface area (Å²) in [6, 6.07) is 13.4. The van der Waals surface area contributed by atoms with Gasteiger partial charge in [0.05, 0.1) is 5.52 Å². The molecule has 0 aliphatic carbocycles. The van der Waals surface area contributed by atoms with Gasteiger partial charge in [0.25, 0.3) is 0 Å². The number of rotatable bonds is 6. The standard InChI is InChI=1S/C18H19N3O3/c1-13-10-16-17(11-14(13)2)21(20-19-16)12-18(22)24-9-8-23-15-6-4-3-5-7-15/h3-7,10-11H,8-9,12H2,1-2H3. The van der Waals surface area contributed by atoms with Crippen LogP contribution in [0.1, 0.15) is 11.1 Å². The average molecular weight is 325 g/mol. The molecule has 0 saturated carbocycles. The Morgan fingerprint density at radius 3 is 2.62 bits per heavy atom. The number of fused-ring (bicyclic) bond motifs is 1. The van der Waals surface area contributed by atoms with Crippen molar-refractivity contribution in [2.24, 2.45) is 0 Å². The molecule has 0 saturated heterocycles.